The van der Waals surface area contributed by atoms with Gasteiger partial charge in [0.1, 0.15) is 6.04 Å². The number of aliphatic hydroxyl groups is 1. The van der Waals surface area contributed by atoms with Crippen molar-refractivity contribution in [2.45, 2.75) is 103 Å². The zero-order valence-corrected chi connectivity index (χ0v) is 26.2. The number of aliphatic hydroxyl groups excluding tert-OH is 1. The van der Waals surface area contributed by atoms with E-state index >= 15 is 0 Å². The van der Waals surface area contributed by atoms with Gasteiger partial charge in [-0.2, -0.15) is 0 Å². The van der Waals surface area contributed by atoms with Crippen LogP contribution in [0.1, 0.15) is 78.6 Å². The van der Waals surface area contributed by atoms with Crippen LogP contribution in [0.3, 0.4) is 0 Å². The van der Waals surface area contributed by atoms with E-state index in [1.165, 1.54) is 51.6 Å². The van der Waals surface area contributed by atoms with Gasteiger partial charge in [-0.15, -0.1) is 0 Å². The minimum Gasteiger partial charge on any atom is -1.00 e. The van der Waals surface area contributed by atoms with Crippen LogP contribution in [0, 0.1) is 34.5 Å². The summed E-state index contributed by atoms with van der Waals surface area (Å²) in [5.41, 5.74) is 0.343. The third-order valence-electron chi connectivity index (χ3n) is 13.1. The van der Waals surface area contributed by atoms with E-state index in [0.717, 1.165) is 56.6 Å². The van der Waals surface area contributed by atoms with Gasteiger partial charge in [-0.3, -0.25) is 9.69 Å². The molecule has 6 fully saturated rings. The van der Waals surface area contributed by atoms with E-state index < -0.39 is 0 Å². The molecular weight excluding hydrogens is 556 g/mol. The highest BCUT2D eigenvalue weighted by Crippen LogP contribution is 2.67. The van der Waals surface area contributed by atoms with Crippen molar-refractivity contribution >= 4 is 5.97 Å². The molecule has 0 aromatic heterocycles. The Balaban J connectivity index is 0.00000308. The van der Waals surface area contributed by atoms with Crippen molar-refractivity contribution in [1.82, 2.24) is 4.90 Å². The summed E-state index contributed by atoms with van der Waals surface area (Å²) >= 11 is 0. The molecule has 39 heavy (non-hydrogen) atoms. The minimum atomic E-state index is -0.209. The number of hydrogen-bond donors (Lipinski definition) is 1. The number of carbonyl (C=O) groups excluding carboxylic acids is 1. The fraction of sp³-hybridized carbons (Fsp3) is 0.906. The Labute approximate surface area is 247 Å². The number of likely N-dealkylation sites (tertiary alicyclic amines) is 1. The number of nitrogens with zero attached hydrogens (tertiary/aromatic N) is 2. The molecule has 2 heterocycles. The summed E-state index contributed by atoms with van der Waals surface area (Å²) in [6.07, 6.45) is 12.7. The van der Waals surface area contributed by atoms with Gasteiger partial charge in [-0.05, 0) is 73.7 Å². The molecule has 222 valence electrons. The van der Waals surface area contributed by atoms with E-state index in [-0.39, 0.29) is 52.0 Å². The maximum absolute atomic E-state index is 12.5. The van der Waals surface area contributed by atoms with Crippen LogP contribution in [0.2, 0.25) is 0 Å². The molecule has 4 aliphatic carbocycles. The lowest BCUT2D eigenvalue weighted by Crippen LogP contribution is -3.00. The van der Waals surface area contributed by atoms with E-state index in [2.05, 4.69) is 31.4 Å². The quantitative estimate of drug-likeness (QED) is 0.291. The normalized spacial score (nSPS) is 47.3. The standard InChI is InChI=1S/C32H53N2O4.BrH/c1-5-14-34(15-6-7-16-34)28-20-26-24-9-8-23-19-29(36)27(33-12-17-37-18-13-33)21-32(23,4)25(24)10-11-31(26,3)30(28)38-22(2)35;/h5,23-30,36H,1,6-21H2,2-4H3;1H/q+1;/p-1/t23?,24-,25+,26+,27+,28+,29+,30+,31+,32+;/m1./s1. The van der Waals surface area contributed by atoms with Crippen molar-refractivity contribution in [1.29, 1.82) is 0 Å². The molecular formula is C32H53BrN2O4. The van der Waals surface area contributed by atoms with Gasteiger partial charge in [0.25, 0.3) is 0 Å². The maximum Gasteiger partial charge on any atom is 0.303 e. The summed E-state index contributed by atoms with van der Waals surface area (Å²) in [5.74, 6) is 2.54. The predicted molar refractivity (Wildman–Crippen MR) is 148 cm³/mol. The Morgan fingerprint density at radius 2 is 1.82 bits per heavy atom. The summed E-state index contributed by atoms with van der Waals surface area (Å²) in [6, 6.07) is 0.663. The van der Waals surface area contributed by atoms with Gasteiger partial charge in [-0.25, -0.2) is 0 Å². The highest BCUT2D eigenvalue weighted by Gasteiger charge is 2.67. The molecule has 0 radical (unpaired) electrons. The van der Waals surface area contributed by atoms with Crippen LogP contribution in [-0.2, 0) is 14.3 Å². The van der Waals surface area contributed by atoms with Crippen LogP contribution in [0.5, 0.6) is 0 Å². The fourth-order valence-electron chi connectivity index (χ4n) is 11.3. The van der Waals surface area contributed by atoms with Crippen molar-refractivity contribution < 1.29 is 40.8 Å². The molecule has 0 amide bonds. The summed E-state index contributed by atoms with van der Waals surface area (Å²) in [6.45, 7) is 17.7. The molecule has 4 saturated carbocycles. The SMILES string of the molecule is C=CC[N+]1([C@H]2C[C@H]3[C@@H]4CCC5C[C@H](O)[C@@H](N6CCOCC6)C[C@]5(C)[C@H]4CC[C@]3(C)[C@H]2OC(C)=O)CCCC1.[Br-]. The Hall–Kier alpha value is -0.470. The van der Waals surface area contributed by atoms with Crippen molar-refractivity contribution in [3.8, 4) is 0 Å². The van der Waals surface area contributed by atoms with E-state index in [0.29, 0.717) is 29.7 Å². The lowest BCUT2D eigenvalue weighted by Gasteiger charge is -2.62. The van der Waals surface area contributed by atoms with Gasteiger partial charge >= 0.3 is 5.97 Å². The third kappa shape index (κ3) is 4.88. The number of morpholine rings is 1. The van der Waals surface area contributed by atoms with E-state index in [9.17, 15) is 9.90 Å². The topological polar surface area (TPSA) is 59.0 Å². The van der Waals surface area contributed by atoms with Gasteiger partial charge < -0.3 is 36.0 Å². The second-order valence-corrected chi connectivity index (χ2v) is 14.6. The number of ether oxygens (including phenoxy) is 2. The molecule has 7 heteroatoms. The Bertz CT molecular complexity index is 905. The number of fused-ring (bicyclic) bond motifs is 5. The number of esters is 1. The van der Waals surface area contributed by atoms with E-state index in [4.69, 9.17) is 9.47 Å². The van der Waals surface area contributed by atoms with Crippen molar-refractivity contribution in [2.75, 3.05) is 45.9 Å². The third-order valence-corrected chi connectivity index (χ3v) is 13.1. The van der Waals surface area contributed by atoms with Crippen LogP contribution in [-0.4, -0.2) is 90.7 Å². The van der Waals surface area contributed by atoms with Crippen LogP contribution in [0.4, 0.5) is 0 Å². The van der Waals surface area contributed by atoms with Crippen molar-refractivity contribution in [2.24, 2.45) is 34.5 Å². The Morgan fingerprint density at radius 3 is 2.49 bits per heavy atom. The molecule has 6 aliphatic rings. The highest BCUT2D eigenvalue weighted by atomic mass is 79.9. The maximum atomic E-state index is 12.5. The Morgan fingerprint density at radius 1 is 1.10 bits per heavy atom. The number of rotatable bonds is 5. The predicted octanol–water partition coefficient (Wildman–Crippen LogP) is 1.41. The first-order valence-corrected chi connectivity index (χ1v) is 15.9. The summed E-state index contributed by atoms with van der Waals surface area (Å²) in [7, 11) is 0. The first kappa shape index (κ1) is 30.0. The van der Waals surface area contributed by atoms with Crippen molar-refractivity contribution in [3.05, 3.63) is 12.7 Å². The van der Waals surface area contributed by atoms with Gasteiger partial charge in [0.05, 0.1) is 39.0 Å². The van der Waals surface area contributed by atoms with E-state index in [1.54, 1.807) is 6.92 Å². The molecule has 0 spiro atoms. The molecule has 6 nitrogen and oxygen atoms in total. The lowest BCUT2D eigenvalue weighted by atomic mass is 9.44. The lowest BCUT2D eigenvalue weighted by molar-refractivity contribution is -0.937. The highest BCUT2D eigenvalue weighted by molar-refractivity contribution is 5.66. The number of halogens is 1. The van der Waals surface area contributed by atoms with E-state index in [1.807, 2.05) is 0 Å². The molecule has 1 N–H and O–H groups in total. The minimum absolute atomic E-state index is 0. The zero-order chi connectivity index (χ0) is 26.7. The van der Waals surface area contributed by atoms with Crippen molar-refractivity contribution in [3.63, 3.8) is 0 Å². The van der Waals surface area contributed by atoms with Crippen LogP contribution >= 0.6 is 0 Å². The second kappa shape index (κ2) is 11.3. The summed E-state index contributed by atoms with van der Waals surface area (Å²) in [4.78, 5) is 15.0. The number of carbonyl (C=O) groups is 1. The molecule has 1 unspecified atom stereocenters. The van der Waals surface area contributed by atoms with Crippen LogP contribution < -0.4 is 17.0 Å². The number of hydrogen-bond acceptors (Lipinski definition) is 5. The molecule has 6 rings (SSSR count). The average Bonchev–Trinajstić information content (AvgIpc) is 3.48. The molecule has 0 aromatic carbocycles. The smallest absolute Gasteiger partial charge is 0.303 e. The van der Waals surface area contributed by atoms with Gasteiger partial charge in [-0.1, -0.05) is 20.4 Å². The summed E-state index contributed by atoms with van der Waals surface area (Å²) < 4.78 is 13.1. The summed E-state index contributed by atoms with van der Waals surface area (Å²) in [5, 5.41) is 11.3. The Kier molecular flexibility index (Phi) is 8.70. The first-order valence-electron chi connectivity index (χ1n) is 15.9. The zero-order valence-electron chi connectivity index (χ0n) is 24.7. The van der Waals surface area contributed by atoms with Gasteiger partial charge in [0.15, 0.2) is 6.10 Å². The molecule has 10 atom stereocenters. The molecule has 2 aliphatic heterocycles. The van der Waals surface area contributed by atoms with Crippen LogP contribution in [0.15, 0.2) is 12.7 Å². The molecule has 0 bridgehead atoms. The second-order valence-electron chi connectivity index (χ2n) is 14.6. The number of quaternary nitrogens is 1. The van der Waals surface area contributed by atoms with Gasteiger partial charge in [0.2, 0.25) is 0 Å². The van der Waals surface area contributed by atoms with Gasteiger partial charge in [0, 0.05) is 50.7 Å². The molecule has 0 aromatic rings. The molecule has 2 saturated heterocycles. The largest absolute Gasteiger partial charge is 1.00 e. The monoisotopic (exact) mass is 608 g/mol. The fourth-order valence-corrected chi connectivity index (χ4v) is 11.3. The average molecular weight is 610 g/mol. The van der Waals surface area contributed by atoms with Crippen LogP contribution in [0.25, 0.3) is 0 Å². The first-order chi connectivity index (χ1) is 18.2.